The lowest BCUT2D eigenvalue weighted by Crippen LogP contribution is -2.31. The first-order valence-electron chi connectivity index (χ1n) is 8.92. The molecule has 1 atom stereocenters. The van der Waals surface area contributed by atoms with E-state index < -0.39 is 0 Å². The van der Waals surface area contributed by atoms with E-state index in [2.05, 4.69) is 16.0 Å². The molecule has 1 spiro atoms. The van der Waals surface area contributed by atoms with Crippen LogP contribution >= 0.6 is 12.4 Å². The monoisotopic (exact) mass is 376 g/mol. The number of benzene rings is 1. The lowest BCUT2D eigenvalue weighted by molar-refractivity contribution is -0.121. The Morgan fingerprint density at radius 3 is 2.77 bits per heavy atom. The number of fused-ring (bicyclic) bond motifs is 1. The number of hydrogen-bond acceptors (Lipinski definition) is 3. The zero-order chi connectivity index (χ0) is 17.4. The number of piperidine rings is 1. The summed E-state index contributed by atoms with van der Waals surface area (Å²) < 4.78 is 1.90. The summed E-state index contributed by atoms with van der Waals surface area (Å²) in [5.41, 5.74) is 1.98. The Kier molecular flexibility index (Phi) is 5.25. The number of aromatic nitrogens is 1. The van der Waals surface area contributed by atoms with E-state index in [1.54, 1.807) is 7.05 Å². The molecule has 26 heavy (non-hydrogen) atoms. The summed E-state index contributed by atoms with van der Waals surface area (Å²) in [4.78, 5) is 24.3. The molecule has 1 unspecified atom stereocenters. The highest BCUT2D eigenvalue weighted by atomic mass is 35.5. The Bertz CT molecular complexity index is 826. The van der Waals surface area contributed by atoms with Crippen molar-refractivity contribution in [2.75, 3.05) is 25.5 Å². The second-order valence-electron chi connectivity index (χ2n) is 7.25. The molecule has 1 aromatic carbocycles. The summed E-state index contributed by atoms with van der Waals surface area (Å²) in [6.45, 7) is 2.31. The fraction of sp³-hybridized carbons (Fsp3) is 0.474. The predicted octanol–water partition coefficient (Wildman–Crippen LogP) is 2.14. The molecule has 2 amide bonds. The van der Waals surface area contributed by atoms with Crippen molar-refractivity contribution in [3.63, 3.8) is 0 Å². The number of nitrogens with one attached hydrogen (secondary N) is 3. The lowest BCUT2D eigenvalue weighted by atomic mass is 9.92. The summed E-state index contributed by atoms with van der Waals surface area (Å²) in [5.74, 6) is 0.228. The molecule has 1 saturated heterocycles. The van der Waals surface area contributed by atoms with Crippen LogP contribution in [0.2, 0.25) is 0 Å². The molecule has 2 aromatic rings. The highest BCUT2D eigenvalue weighted by Crippen LogP contribution is 2.58. The highest BCUT2D eigenvalue weighted by Gasteiger charge is 2.57. The molecule has 2 heterocycles. The smallest absolute Gasteiger partial charge is 0.239 e. The Balaban J connectivity index is 0.00000196. The maximum atomic E-state index is 12.6. The van der Waals surface area contributed by atoms with Gasteiger partial charge in [0.1, 0.15) is 6.54 Å². The molecule has 0 bridgehead atoms. The number of rotatable bonds is 4. The number of carbonyl (C=O) groups is 2. The Labute approximate surface area is 159 Å². The fourth-order valence-corrected chi connectivity index (χ4v) is 4.06. The van der Waals surface area contributed by atoms with Crippen LogP contribution in [0.4, 0.5) is 5.69 Å². The number of likely N-dealkylation sites (N-methyl/N-ethyl adjacent to an activating group) is 1. The standard InChI is InChI=1S/C19H24N4O2.ClH/c1-20-17(24)12-23-9-4-13-2-3-14(10-16(13)23)22-18(25)15-11-19(15)5-7-21-8-6-19;/h2-4,9-10,15,21H,5-8,11-12H2,1H3,(H,20,24)(H,22,25);1H. The first kappa shape index (κ1) is 18.7. The molecule has 1 saturated carbocycles. The molecular formula is C19H25ClN4O2. The molecule has 6 nitrogen and oxygen atoms in total. The number of hydrogen-bond donors (Lipinski definition) is 3. The lowest BCUT2D eigenvalue weighted by Gasteiger charge is -2.23. The van der Waals surface area contributed by atoms with Gasteiger partial charge in [0.25, 0.3) is 0 Å². The molecule has 3 N–H and O–H groups in total. The summed E-state index contributed by atoms with van der Waals surface area (Å²) in [5, 5.41) is 10.1. The van der Waals surface area contributed by atoms with Gasteiger partial charge in [-0.3, -0.25) is 9.59 Å². The molecule has 7 heteroatoms. The average molecular weight is 377 g/mol. The minimum Gasteiger partial charge on any atom is -0.358 e. The van der Waals surface area contributed by atoms with E-state index in [1.807, 2.05) is 35.0 Å². The molecule has 4 rings (SSSR count). The Morgan fingerprint density at radius 2 is 2.04 bits per heavy atom. The van der Waals surface area contributed by atoms with Crippen LogP contribution in [0.25, 0.3) is 10.9 Å². The second kappa shape index (κ2) is 7.29. The number of amides is 2. The van der Waals surface area contributed by atoms with Gasteiger partial charge in [-0.1, -0.05) is 6.07 Å². The van der Waals surface area contributed by atoms with Gasteiger partial charge in [-0.05, 0) is 61.4 Å². The molecule has 2 fully saturated rings. The average Bonchev–Trinajstić information content (AvgIpc) is 3.17. The van der Waals surface area contributed by atoms with Gasteiger partial charge in [-0.15, -0.1) is 12.4 Å². The zero-order valence-corrected chi connectivity index (χ0v) is 15.7. The van der Waals surface area contributed by atoms with E-state index >= 15 is 0 Å². The summed E-state index contributed by atoms with van der Waals surface area (Å²) >= 11 is 0. The Hall–Kier alpha value is -2.05. The number of halogens is 1. The maximum Gasteiger partial charge on any atom is 0.239 e. The van der Waals surface area contributed by atoms with Crippen molar-refractivity contribution in [2.45, 2.75) is 25.8 Å². The molecule has 1 aliphatic carbocycles. The number of nitrogens with zero attached hydrogens (tertiary/aromatic N) is 1. The zero-order valence-electron chi connectivity index (χ0n) is 14.9. The maximum absolute atomic E-state index is 12.6. The van der Waals surface area contributed by atoms with Crippen molar-refractivity contribution in [1.29, 1.82) is 0 Å². The van der Waals surface area contributed by atoms with Gasteiger partial charge in [0.15, 0.2) is 0 Å². The third kappa shape index (κ3) is 3.44. The van der Waals surface area contributed by atoms with E-state index in [-0.39, 0.29) is 42.1 Å². The highest BCUT2D eigenvalue weighted by molar-refractivity contribution is 5.97. The van der Waals surface area contributed by atoms with Crippen LogP contribution in [-0.4, -0.2) is 36.5 Å². The third-order valence-electron chi connectivity index (χ3n) is 5.74. The number of carbonyl (C=O) groups excluding carboxylic acids is 2. The molecule has 140 valence electrons. The second-order valence-corrected chi connectivity index (χ2v) is 7.25. The van der Waals surface area contributed by atoms with E-state index in [9.17, 15) is 9.59 Å². The van der Waals surface area contributed by atoms with Crippen LogP contribution in [-0.2, 0) is 16.1 Å². The molecule has 2 aliphatic rings. The Morgan fingerprint density at radius 1 is 1.27 bits per heavy atom. The van der Waals surface area contributed by atoms with Crippen LogP contribution in [0.1, 0.15) is 19.3 Å². The van der Waals surface area contributed by atoms with Crippen molar-refractivity contribution in [3.8, 4) is 0 Å². The van der Waals surface area contributed by atoms with Crippen LogP contribution in [0.3, 0.4) is 0 Å². The van der Waals surface area contributed by atoms with E-state index in [1.165, 1.54) is 0 Å². The molecule has 1 aromatic heterocycles. The van der Waals surface area contributed by atoms with Crippen molar-refractivity contribution < 1.29 is 9.59 Å². The van der Waals surface area contributed by atoms with Gasteiger partial charge in [-0.2, -0.15) is 0 Å². The fourth-order valence-electron chi connectivity index (χ4n) is 4.06. The van der Waals surface area contributed by atoms with Crippen LogP contribution < -0.4 is 16.0 Å². The molecular weight excluding hydrogens is 352 g/mol. The topological polar surface area (TPSA) is 75.2 Å². The van der Waals surface area contributed by atoms with Crippen molar-refractivity contribution in [3.05, 3.63) is 30.5 Å². The van der Waals surface area contributed by atoms with Gasteiger partial charge in [-0.25, -0.2) is 0 Å². The van der Waals surface area contributed by atoms with Crippen molar-refractivity contribution in [2.24, 2.45) is 11.3 Å². The molecule has 0 radical (unpaired) electrons. The van der Waals surface area contributed by atoms with Gasteiger partial charge < -0.3 is 20.5 Å². The largest absolute Gasteiger partial charge is 0.358 e. The van der Waals surface area contributed by atoms with Crippen LogP contribution in [0, 0.1) is 11.3 Å². The minimum absolute atomic E-state index is 0. The van der Waals surface area contributed by atoms with E-state index in [0.29, 0.717) is 0 Å². The van der Waals surface area contributed by atoms with Gasteiger partial charge >= 0.3 is 0 Å². The minimum atomic E-state index is -0.0437. The van der Waals surface area contributed by atoms with E-state index in [4.69, 9.17) is 0 Å². The third-order valence-corrected chi connectivity index (χ3v) is 5.74. The SMILES string of the molecule is CNC(=O)Cn1ccc2ccc(NC(=O)C3CC34CCNCC4)cc21.Cl. The summed E-state index contributed by atoms with van der Waals surface area (Å²) in [6.07, 6.45) is 5.10. The van der Waals surface area contributed by atoms with Crippen LogP contribution in [0.15, 0.2) is 30.5 Å². The van der Waals surface area contributed by atoms with Gasteiger partial charge in [0.2, 0.25) is 11.8 Å². The van der Waals surface area contributed by atoms with E-state index in [0.717, 1.165) is 48.9 Å². The molecule has 1 aliphatic heterocycles. The van der Waals surface area contributed by atoms with Crippen molar-refractivity contribution >= 4 is 40.8 Å². The van der Waals surface area contributed by atoms with Crippen molar-refractivity contribution in [1.82, 2.24) is 15.2 Å². The quantitative estimate of drug-likeness (QED) is 0.765. The van der Waals surface area contributed by atoms with Crippen LogP contribution in [0.5, 0.6) is 0 Å². The summed E-state index contributed by atoms with van der Waals surface area (Å²) in [6, 6.07) is 7.85. The number of anilines is 1. The predicted molar refractivity (Wildman–Crippen MR) is 105 cm³/mol. The van der Waals surface area contributed by atoms with Gasteiger partial charge in [0.05, 0.1) is 5.52 Å². The normalized spacial score (nSPS) is 20.4. The van der Waals surface area contributed by atoms with Gasteiger partial charge in [0, 0.05) is 24.8 Å². The first-order chi connectivity index (χ1) is 12.1. The summed E-state index contributed by atoms with van der Waals surface area (Å²) in [7, 11) is 1.63. The first-order valence-corrected chi connectivity index (χ1v) is 8.92.